The third-order valence-corrected chi connectivity index (χ3v) is 6.32. The Morgan fingerprint density at radius 1 is 0.967 bits per heavy atom. The zero-order valence-electron chi connectivity index (χ0n) is 19.4. The Bertz CT molecular complexity index is 599. The van der Waals surface area contributed by atoms with Crippen molar-refractivity contribution in [1.29, 1.82) is 0 Å². The third-order valence-electron chi connectivity index (χ3n) is 6.32. The number of esters is 2. The lowest BCUT2D eigenvalue weighted by Crippen LogP contribution is -2.73. The number of hydrogen-bond acceptors (Lipinski definition) is 7. The predicted octanol–water partition coefficient (Wildman–Crippen LogP) is 3.17. The molecule has 0 aromatic heterocycles. The van der Waals surface area contributed by atoms with Gasteiger partial charge in [-0.05, 0) is 72.1 Å². The van der Waals surface area contributed by atoms with E-state index in [0.717, 1.165) is 64.7 Å². The number of carbonyl (C=O) groups is 2. The average Bonchev–Trinajstić information content (AvgIpc) is 3.18. The first-order valence-corrected chi connectivity index (χ1v) is 11.7. The first-order chi connectivity index (χ1) is 14.2. The van der Waals surface area contributed by atoms with Crippen LogP contribution in [0.4, 0.5) is 0 Å². The fourth-order valence-corrected chi connectivity index (χ4v) is 4.88. The molecule has 1 saturated carbocycles. The van der Waals surface area contributed by atoms with Crippen LogP contribution < -0.4 is 0 Å². The standard InChI is InChI=1S/C23H40N2O5/c1-6-28-20(26)18-9-11-19(12-10-18)29-23(24-13-7-8-14-24,25-15-17(2)16-25)21(27)30-22(3,4)5/h17-19H,6-16H2,1-5H3. The zero-order valence-corrected chi connectivity index (χ0v) is 19.4. The average molecular weight is 425 g/mol. The summed E-state index contributed by atoms with van der Waals surface area (Å²) >= 11 is 0. The lowest BCUT2D eigenvalue weighted by Gasteiger charge is -2.54. The maximum absolute atomic E-state index is 13.6. The summed E-state index contributed by atoms with van der Waals surface area (Å²) in [7, 11) is 0. The number of carbonyl (C=O) groups excluding carboxylic acids is 2. The van der Waals surface area contributed by atoms with Gasteiger partial charge in [-0.3, -0.25) is 14.6 Å². The predicted molar refractivity (Wildman–Crippen MR) is 114 cm³/mol. The molecule has 0 bridgehead atoms. The lowest BCUT2D eigenvalue weighted by molar-refractivity contribution is -0.293. The molecule has 0 amide bonds. The van der Waals surface area contributed by atoms with Crippen molar-refractivity contribution in [2.45, 2.75) is 90.7 Å². The van der Waals surface area contributed by atoms with E-state index in [-0.39, 0.29) is 24.0 Å². The zero-order chi connectivity index (χ0) is 21.9. The molecule has 0 aromatic rings. The van der Waals surface area contributed by atoms with Gasteiger partial charge >= 0.3 is 11.9 Å². The van der Waals surface area contributed by atoms with Crippen LogP contribution in [-0.2, 0) is 23.8 Å². The van der Waals surface area contributed by atoms with Crippen molar-refractivity contribution < 1.29 is 23.8 Å². The molecule has 3 rings (SSSR count). The van der Waals surface area contributed by atoms with Gasteiger partial charge in [0.05, 0.1) is 18.6 Å². The van der Waals surface area contributed by atoms with Crippen molar-refractivity contribution >= 4 is 11.9 Å². The number of rotatable bonds is 7. The van der Waals surface area contributed by atoms with Crippen molar-refractivity contribution in [1.82, 2.24) is 9.80 Å². The molecular formula is C23H40N2O5. The van der Waals surface area contributed by atoms with E-state index in [4.69, 9.17) is 14.2 Å². The highest BCUT2D eigenvalue weighted by atomic mass is 16.6. The topological polar surface area (TPSA) is 68.3 Å². The summed E-state index contributed by atoms with van der Waals surface area (Å²) in [5.74, 6) is -1.08. The number of likely N-dealkylation sites (tertiary alicyclic amines) is 2. The molecule has 3 aliphatic rings. The molecule has 172 valence electrons. The van der Waals surface area contributed by atoms with E-state index in [1.54, 1.807) is 0 Å². The maximum Gasteiger partial charge on any atom is 0.371 e. The second-order valence-electron chi connectivity index (χ2n) is 10.2. The second kappa shape index (κ2) is 9.53. The SMILES string of the molecule is CCOC(=O)C1CCC(OC(C(=O)OC(C)(C)C)(N2CCCC2)N2CC(C)C2)CC1. The normalized spacial score (nSPS) is 28.6. The monoisotopic (exact) mass is 424 g/mol. The molecule has 7 heteroatoms. The van der Waals surface area contributed by atoms with Crippen LogP contribution in [0.5, 0.6) is 0 Å². The van der Waals surface area contributed by atoms with Gasteiger partial charge < -0.3 is 14.2 Å². The highest BCUT2D eigenvalue weighted by molar-refractivity contribution is 5.79. The summed E-state index contributed by atoms with van der Waals surface area (Å²) in [6, 6.07) is 0. The first-order valence-electron chi connectivity index (χ1n) is 11.7. The van der Waals surface area contributed by atoms with Gasteiger partial charge in [-0.25, -0.2) is 4.79 Å². The molecule has 0 aromatic carbocycles. The van der Waals surface area contributed by atoms with Crippen molar-refractivity contribution in [3.63, 3.8) is 0 Å². The smallest absolute Gasteiger partial charge is 0.371 e. The van der Waals surface area contributed by atoms with Crippen LogP contribution in [0.2, 0.25) is 0 Å². The molecule has 30 heavy (non-hydrogen) atoms. The van der Waals surface area contributed by atoms with Crippen LogP contribution >= 0.6 is 0 Å². The first kappa shape index (κ1) is 23.5. The maximum atomic E-state index is 13.6. The highest BCUT2D eigenvalue weighted by Gasteiger charge is 2.57. The summed E-state index contributed by atoms with van der Waals surface area (Å²) in [6.07, 6.45) is 5.05. The van der Waals surface area contributed by atoms with E-state index in [2.05, 4.69) is 16.7 Å². The molecule has 1 unspecified atom stereocenters. The van der Waals surface area contributed by atoms with Crippen molar-refractivity contribution in [2.24, 2.45) is 11.8 Å². The van der Waals surface area contributed by atoms with Crippen LogP contribution in [0.1, 0.15) is 73.1 Å². The molecule has 7 nitrogen and oxygen atoms in total. The summed E-state index contributed by atoms with van der Waals surface area (Å²) < 4.78 is 17.9. The molecule has 1 aliphatic carbocycles. The summed E-state index contributed by atoms with van der Waals surface area (Å²) in [4.78, 5) is 30.1. The van der Waals surface area contributed by atoms with Gasteiger partial charge in [-0.2, -0.15) is 0 Å². The Hall–Kier alpha value is -1.18. The molecule has 0 radical (unpaired) electrons. The molecule has 2 aliphatic heterocycles. The van der Waals surface area contributed by atoms with E-state index in [0.29, 0.717) is 12.5 Å². The van der Waals surface area contributed by atoms with Crippen molar-refractivity contribution in [3.8, 4) is 0 Å². The Kier molecular flexibility index (Phi) is 7.46. The minimum Gasteiger partial charge on any atom is -0.466 e. The Morgan fingerprint density at radius 3 is 2.07 bits per heavy atom. The fourth-order valence-electron chi connectivity index (χ4n) is 4.88. The molecular weight excluding hydrogens is 384 g/mol. The van der Waals surface area contributed by atoms with Crippen molar-refractivity contribution in [2.75, 3.05) is 32.8 Å². The Balaban J connectivity index is 1.78. The van der Waals surface area contributed by atoms with Gasteiger partial charge in [-0.15, -0.1) is 0 Å². The Labute approximate surface area is 181 Å². The molecule has 3 fully saturated rings. The van der Waals surface area contributed by atoms with Crippen LogP contribution in [0.25, 0.3) is 0 Å². The summed E-state index contributed by atoms with van der Waals surface area (Å²) in [6.45, 7) is 13.5. The molecule has 2 saturated heterocycles. The quantitative estimate of drug-likeness (QED) is 0.582. The van der Waals surface area contributed by atoms with Crippen LogP contribution in [0, 0.1) is 11.8 Å². The van der Waals surface area contributed by atoms with Crippen LogP contribution in [0.15, 0.2) is 0 Å². The van der Waals surface area contributed by atoms with Gasteiger partial charge in [0.25, 0.3) is 5.85 Å². The van der Waals surface area contributed by atoms with Gasteiger partial charge in [-0.1, -0.05) is 6.92 Å². The number of nitrogens with zero attached hydrogens (tertiary/aromatic N) is 2. The number of hydrogen-bond donors (Lipinski definition) is 0. The summed E-state index contributed by atoms with van der Waals surface area (Å²) in [5, 5.41) is 0. The molecule has 1 atom stereocenters. The second-order valence-corrected chi connectivity index (χ2v) is 10.2. The van der Waals surface area contributed by atoms with E-state index in [9.17, 15) is 9.59 Å². The van der Waals surface area contributed by atoms with E-state index >= 15 is 0 Å². The Morgan fingerprint density at radius 2 is 1.57 bits per heavy atom. The van der Waals surface area contributed by atoms with Gasteiger partial charge in [0.2, 0.25) is 0 Å². The third kappa shape index (κ3) is 5.17. The highest BCUT2D eigenvalue weighted by Crippen LogP contribution is 2.39. The molecule has 0 N–H and O–H groups in total. The van der Waals surface area contributed by atoms with Crippen LogP contribution in [0.3, 0.4) is 0 Å². The summed E-state index contributed by atoms with van der Waals surface area (Å²) in [5.41, 5.74) is -0.580. The van der Waals surface area contributed by atoms with Crippen LogP contribution in [-0.4, -0.2) is 72.1 Å². The molecule has 2 heterocycles. The minimum atomic E-state index is -1.16. The fraction of sp³-hybridized carbons (Fsp3) is 0.913. The molecule has 0 spiro atoms. The van der Waals surface area contributed by atoms with E-state index < -0.39 is 11.4 Å². The van der Waals surface area contributed by atoms with E-state index in [1.165, 1.54) is 0 Å². The van der Waals surface area contributed by atoms with Crippen molar-refractivity contribution in [3.05, 3.63) is 0 Å². The van der Waals surface area contributed by atoms with Gasteiger partial charge in [0.1, 0.15) is 5.60 Å². The minimum absolute atomic E-state index is 0.0588. The van der Waals surface area contributed by atoms with Gasteiger partial charge in [0, 0.05) is 26.2 Å². The van der Waals surface area contributed by atoms with Gasteiger partial charge in [0.15, 0.2) is 0 Å². The van der Waals surface area contributed by atoms with E-state index in [1.807, 2.05) is 27.7 Å². The lowest BCUT2D eigenvalue weighted by atomic mass is 9.87. The largest absolute Gasteiger partial charge is 0.466 e. The number of ether oxygens (including phenoxy) is 3.